The lowest BCUT2D eigenvalue weighted by Gasteiger charge is -2.15. The van der Waals surface area contributed by atoms with Gasteiger partial charge in [-0.3, -0.25) is 0 Å². The molecule has 1 unspecified atom stereocenters. The Bertz CT molecular complexity index is 270. The first kappa shape index (κ1) is 10.1. The van der Waals surface area contributed by atoms with E-state index in [1.165, 1.54) is 0 Å². The fourth-order valence-corrected chi connectivity index (χ4v) is 1.38. The van der Waals surface area contributed by atoms with Gasteiger partial charge in [-0.15, -0.1) is 0 Å². The van der Waals surface area contributed by atoms with Crippen LogP contribution in [0.1, 0.15) is 25.1 Å². The minimum atomic E-state index is 0.249. The molecule has 0 aliphatic rings. The molecule has 0 spiro atoms. The minimum absolute atomic E-state index is 0.249. The molecule has 0 amide bonds. The largest absolute Gasteiger partial charge is 0.384 e. The zero-order chi connectivity index (χ0) is 9.84. The molecule has 1 aromatic heterocycles. The smallest absolute Gasteiger partial charge is 0.122 e. The normalized spacial score (nSPS) is 13.2. The highest BCUT2D eigenvalue weighted by Crippen LogP contribution is 2.16. The molecule has 1 heterocycles. The lowest BCUT2D eigenvalue weighted by atomic mass is 10.2. The molecule has 4 nitrogen and oxygen atoms in total. The fourth-order valence-electron chi connectivity index (χ4n) is 1.38. The van der Waals surface area contributed by atoms with Crippen molar-refractivity contribution in [3.8, 4) is 0 Å². The lowest BCUT2D eigenvalue weighted by Crippen LogP contribution is -2.17. The number of nitrogens with two attached hydrogens (primary N) is 1. The monoisotopic (exact) mass is 183 g/mol. The van der Waals surface area contributed by atoms with Gasteiger partial charge in [-0.25, -0.2) is 4.68 Å². The molecule has 0 aliphatic carbocycles. The van der Waals surface area contributed by atoms with Gasteiger partial charge in [0, 0.05) is 13.2 Å². The van der Waals surface area contributed by atoms with E-state index in [4.69, 9.17) is 10.5 Å². The third-order valence-corrected chi connectivity index (χ3v) is 2.06. The van der Waals surface area contributed by atoms with Gasteiger partial charge in [0.1, 0.15) is 5.82 Å². The van der Waals surface area contributed by atoms with Gasteiger partial charge >= 0.3 is 0 Å². The van der Waals surface area contributed by atoms with Crippen molar-refractivity contribution in [2.24, 2.45) is 0 Å². The SMILES string of the molecule is CCC(COC)n1nc(C)cc1N. The number of aryl methyl sites for hydroxylation is 1. The van der Waals surface area contributed by atoms with Gasteiger partial charge in [-0.1, -0.05) is 6.92 Å². The number of anilines is 1. The first-order valence-electron chi connectivity index (χ1n) is 4.49. The second-order valence-corrected chi connectivity index (χ2v) is 3.17. The molecular weight excluding hydrogens is 166 g/mol. The molecule has 4 heteroatoms. The molecule has 1 rings (SSSR count). The van der Waals surface area contributed by atoms with Gasteiger partial charge in [0.25, 0.3) is 0 Å². The fraction of sp³-hybridized carbons (Fsp3) is 0.667. The number of rotatable bonds is 4. The second kappa shape index (κ2) is 4.28. The van der Waals surface area contributed by atoms with E-state index in [-0.39, 0.29) is 6.04 Å². The topological polar surface area (TPSA) is 53.1 Å². The second-order valence-electron chi connectivity index (χ2n) is 3.17. The number of hydrogen-bond acceptors (Lipinski definition) is 3. The van der Waals surface area contributed by atoms with Crippen molar-refractivity contribution in [3.63, 3.8) is 0 Å². The van der Waals surface area contributed by atoms with Gasteiger partial charge in [0.2, 0.25) is 0 Å². The quantitative estimate of drug-likeness (QED) is 0.767. The molecule has 74 valence electrons. The molecule has 0 bridgehead atoms. The van der Waals surface area contributed by atoms with Gasteiger partial charge in [-0.2, -0.15) is 5.10 Å². The third-order valence-electron chi connectivity index (χ3n) is 2.06. The van der Waals surface area contributed by atoms with E-state index in [2.05, 4.69) is 12.0 Å². The Morgan fingerprint density at radius 3 is 2.77 bits per heavy atom. The summed E-state index contributed by atoms with van der Waals surface area (Å²) in [7, 11) is 1.69. The summed E-state index contributed by atoms with van der Waals surface area (Å²) in [5, 5.41) is 4.31. The first-order valence-corrected chi connectivity index (χ1v) is 4.49. The number of hydrogen-bond donors (Lipinski definition) is 1. The molecule has 0 saturated carbocycles. The maximum absolute atomic E-state index is 5.79. The molecule has 0 radical (unpaired) electrons. The van der Waals surface area contributed by atoms with Gasteiger partial charge < -0.3 is 10.5 Å². The van der Waals surface area contributed by atoms with Crippen molar-refractivity contribution in [2.75, 3.05) is 19.5 Å². The van der Waals surface area contributed by atoms with Crippen LogP contribution in [0.4, 0.5) is 5.82 Å². The van der Waals surface area contributed by atoms with E-state index in [9.17, 15) is 0 Å². The molecular formula is C9H17N3O. The highest BCUT2D eigenvalue weighted by Gasteiger charge is 2.12. The van der Waals surface area contributed by atoms with Crippen LogP contribution in [0.25, 0.3) is 0 Å². The van der Waals surface area contributed by atoms with Gasteiger partial charge in [0.15, 0.2) is 0 Å². The Morgan fingerprint density at radius 2 is 2.38 bits per heavy atom. The highest BCUT2D eigenvalue weighted by molar-refractivity contribution is 5.30. The number of nitrogen functional groups attached to an aromatic ring is 1. The summed E-state index contributed by atoms with van der Waals surface area (Å²) in [6, 6.07) is 2.12. The van der Waals surface area contributed by atoms with Crippen molar-refractivity contribution in [3.05, 3.63) is 11.8 Å². The van der Waals surface area contributed by atoms with Crippen molar-refractivity contribution < 1.29 is 4.74 Å². The molecule has 1 atom stereocenters. The standard InChI is InChI=1S/C9H17N3O/c1-4-8(6-13-3)12-9(10)5-7(2)11-12/h5,8H,4,6,10H2,1-3H3. The Labute approximate surface area is 78.7 Å². The predicted molar refractivity (Wildman–Crippen MR) is 52.6 cm³/mol. The van der Waals surface area contributed by atoms with Crippen molar-refractivity contribution in [2.45, 2.75) is 26.3 Å². The van der Waals surface area contributed by atoms with Crippen LogP contribution in [0.15, 0.2) is 6.07 Å². The van der Waals surface area contributed by atoms with Gasteiger partial charge in [-0.05, 0) is 13.3 Å². The van der Waals surface area contributed by atoms with Gasteiger partial charge in [0.05, 0.1) is 18.3 Å². The molecule has 1 aromatic rings. The van der Waals surface area contributed by atoms with Crippen molar-refractivity contribution in [1.29, 1.82) is 0 Å². The van der Waals surface area contributed by atoms with Crippen LogP contribution in [0.5, 0.6) is 0 Å². The van der Waals surface area contributed by atoms with Crippen molar-refractivity contribution in [1.82, 2.24) is 9.78 Å². The maximum atomic E-state index is 5.79. The average Bonchev–Trinajstić information content (AvgIpc) is 2.41. The van der Waals surface area contributed by atoms with E-state index >= 15 is 0 Å². The maximum Gasteiger partial charge on any atom is 0.122 e. The molecule has 0 fully saturated rings. The zero-order valence-electron chi connectivity index (χ0n) is 8.45. The number of nitrogens with zero attached hydrogens (tertiary/aromatic N) is 2. The third kappa shape index (κ3) is 2.21. The van der Waals surface area contributed by atoms with E-state index in [1.807, 2.05) is 17.7 Å². The van der Waals surface area contributed by atoms with Crippen LogP contribution >= 0.6 is 0 Å². The average molecular weight is 183 g/mol. The Kier molecular flexibility index (Phi) is 3.31. The summed E-state index contributed by atoms with van der Waals surface area (Å²) in [4.78, 5) is 0. The van der Waals surface area contributed by atoms with Crippen LogP contribution in [-0.4, -0.2) is 23.5 Å². The summed E-state index contributed by atoms with van der Waals surface area (Å²) in [5.41, 5.74) is 6.74. The van der Waals surface area contributed by atoms with E-state index in [0.717, 1.165) is 12.1 Å². The molecule has 0 saturated heterocycles. The Hall–Kier alpha value is -1.03. The number of methoxy groups -OCH3 is 1. The van der Waals surface area contributed by atoms with Crippen molar-refractivity contribution >= 4 is 5.82 Å². The van der Waals surface area contributed by atoms with Crippen LogP contribution in [-0.2, 0) is 4.74 Å². The Balaban J connectivity index is 2.83. The van der Waals surface area contributed by atoms with Crippen LogP contribution < -0.4 is 5.73 Å². The summed E-state index contributed by atoms with van der Waals surface area (Å²) in [6.45, 7) is 4.69. The highest BCUT2D eigenvalue weighted by atomic mass is 16.5. The van der Waals surface area contributed by atoms with Crippen LogP contribution in [0, 0.1) is 6.92 Å². The summed E-state index contributed by atoms with van der Waals surface area (Å²) in [6.07, 6.45) is 0.971. The van der Waals surface area contributed by atoms with E-state index < -0.39 is 0 Å². The summed E-state index contributed by atoms with van der Waals surface area (Å²) in [5.74, 6) is 0.710. The van der Waals surface area contributed by atoms with Crippen LogP contribution in [0.3, 0.4) is 0 Å². The number of aromatic nitrogens is 2. The molecule has 13 heavy (non-hydrogen) atoms. The van der Waals surface area contributed by atoms with E-state index in [0.29, 0.717) is 12.4 Å². The molecule has 2 N–H and O–H groups in total. The summed E-state index contributed by atoms with van der Waals surface area (Å²) < 4.78 is 6.93. The van der Waals surface area contributed by atoms with Crippen LogP contribution in [0.2, 0.25) is 0 Å². The molecule has 0 aromatic carbocycles. The summed E-state index contributed by atoms with van der Waals surface area (Å²) >= 11 is 0. The molecule has 0 aliphatic heterocycles. The Morgan fingerprint density at radius 1 is 1.69 bits per heavy atom. The zero-order valence-corrected chi connectivity index (χ0v) is 8.45. The lowest BCUT2D eigenvalue weighted by molar-refractivity contribution is 0.148. The predicted octanol–water partition coefficient (Wildman–Crippen LogP) is 1.37. The first-order chi connectivity index (χ1) is 6.19. The minimum Gasteiger partial charge on any atom is -0.384 e. The van der Waals surface area contributed by atoms with E-state index in [1.54, 1.807) is 7.11 Å². The number of ether oxygens (including phenoxy) is 1.